The smallest absolute Gasteiger partial charge is 0.379 e. The standard InChI is InChI=1S/C15H20F3N3O/c16-15(17,18)13-1-2-14(19-9-13)21-4-3-12(11-21)10-20-5-7-22-8-6-20/h1-2,9,12H,3-8,10-11H2/t12-/m1/s1. The number of rotatable bonds is 3. The van der Waals surface area contributed by atoms with Crippen molar-refractivity contribution in [2.75, 3.05) is 50.8 Å². The molecule has 1 aromatic heterocycles. The molecular weight excluding hydrogens is 295 g/mol. The number of hydrogen-bond donors (Lipinski definition) is 0. The van der Waals surface area contributed by atoms with E-state index < -0.39 is 11.7 Å². The van der Waals surface area contributed by atoms with Gasteiger partial charge in [0.25, 0.3) is 0 Å². The van der Waals surface area contributed by atoms with Crippen LogP contribution in [-0.4, -0.2) is 55.8 Å². The third kappa shape index (κ3) is 3.70. The van der Waals surface area contributed by atoms with E-state index in [0.29, 0.717) is 11.7 Å². The minimum absolute atomic E-state index is 0.544. The van der Waals surface area contributed by atoms with Crippen LogP contribution in [0, 0.1) is 5.92 Å². The lowest BCUT2D eigenvalue weighted by Gasteiger charge is -2.29. The summed E-state index contributed by atoms with van der Waals surface area (Å²) < 4.78 is 43.0. The zero-order valence-electron chi connectivity index (χ0n) is 12.4. The van der Waals surface area contributed by atoms with E-state index >= 15 is 0 Å². The number of ether oxygens (including phenoxy) is 1. The van der Waals surface area contributed by atoms with Crippen LogP contribution in [0.3, 0.4) is 0 Å². The second-order valence-electron chi connectivity index (χ2n) is 5.92. The van der Waals surface area contributed by atoms with Crippen LogP contribution in [0.1, 0.15) is 12.0 Å². The number of halogens is 3. The molecule has 2 aliphatic heterocycles. The van der Waals surface area contributed by atoms with Gasteiger partial charge in [-0.1, -0.05) is 0 Å². The van der Waals surface area contributed by atoms with E-state index in [-0.39, 0.29) is 0 Å². The van der Waals surface area contributed by atoms with E-state index in [1.807, 2.05) is 0 Å². The minimum Gasteiger partial charge on any atom is -0.379 e. The summed E-state index contributed by atoms with van der Waals surface area (Å²) in [5.74, 6) is 1.18. The van der Waals surface area contributed by atoms with E-state index in [2.05, 4.69) is 14.8 Å². The van der Waals surface area contributed by atoms with Crippen LogP contribution in [0.25, 0.3) is 0 Å². The lowest BCUT2D eigenvalue weighted by Crippen LogP contribution is -2.39. The van der Waals surface area contributed by atoms with Crippen molar-refractivity contribution in [3.05, 3.63) is 23.9 Å². The van der Waals surface area contributed by atoms with Gasteiger partial charge < -0.3 is 9.64 Å². The molecule has 0 aromatic carbocycles. The molecule has 122 valence electrons. The summed E-state index contributed by atoms with van der Waals surface area (Å²) in [7, 11) is 0. The first-order valence-corrected chi connectivity index (χ1v) is 7.60. The fraction of sp³-hybridized carbons (Fsp3) is 0.667. The summed E-state index contributed by atoms with van der Waals surface area (Å²) >= 11 is 0. The zero-order chi connectivity index (χ0) is 15.6. The van der Waals surface area contributed by atoms with Gasteiger partial charge in [0.1, 0.15) is 5.82 Å². The normalized spacial score (nSPS) is 24.0. The Labute approximate surface area is 127 Å². The van der Waals surface area contributed by atoms with E-state index in [0.717, 1.165) is 64.6 Å². The molecule has 0 amide bonds. The first kappa shape index (κ1) is 15.6. The molecule has 2 aliphatic rings. The highest BCUT2D eigenvalue weighted by molar-refractivity contribution is 5.41. The van der Waals surface area contributed by atoms with Gasteiger partial charge in [-0.2, -0.15) is 13.2 Å². The maximum Gasteiger partial charge on any atom is 0.417 e. The fourth-order valence-corrected chi connectivity index (χ4v) is 3.08. The number of nitrogens with zero attached hydrogens (tertiary/aromatic N) is 3. The molecule has 22 heavy (non-hydrogen) atoms. The fourth-order valence-electron chi connectivity index (χ4n) is 3.08. The van der Waals surface area contributed by atoms with Gasteiger partial charge in [0.15, 0.2) is 0 Å². The summed E-state index contributed by atoms with van der Waals surface area (Å²) in [5.41, 5.74) is -0.694. The Bertz CT molecular complexity index is 486. The van der Waals surface area contributed by atoms with Crippen molar-refractivity contribution in [3.63, 3.8) is 0 Å². The van der Waals surface area contributed by atoms with Crippen LogP contribution in [0.2, 0.25) is 0 Å². The molecule has 0 unspecified atom stereocenters. The molecule has 4 nitrogen and oxygen atoms in total. The number of hydrogen-bond acceptors (Lipinski definition) is 4. The molecule has 1 aromatic rings. The molecule has 0 radical (unpaired) electrons. The van der Waals surface area contributed by atoms with Crippen molar-refractivity contribution in [2.45, 2.75) is 12.6 Å². The van der Waals surface area contributed by atoms with Crippen LogP contribution in [0.4, 0.5) is 19.0 Å². The quantitative estimate of drug-likeness (QED) is 0.855. The van der Waals surface area contributed by atoms with Gasteiger partial charge >= 0.3 is 6.18 Å². The zero-order valence-corrected chi connectivity index (χ0v) is 12.4. The van der Waals surface area contributed by atoms with Gasteiger partial charge in [-0.25, -0.2) is 4.98 Å². The van der Waals surface area contributed by atoms with Crippen molar-refractivity contribution >= 4 is 5.82 Å². The molecule has 2 saturated heterocycles. The first-order chi connectivity index (χ1) is 10.5. The van der Waals surface area contributed by atoms with Crippen LogP contribution in [0.15, 0.2) is 18.3 Å². The lowest BCUT2D eigenvalue weighted by atomic mass is 10.1. The highest BCUT2D eigenvalue weighted by atomic mass is 19.4. The Kier molecular flexibility index (Phi) is 4.54. The number of aromatic nitrogens is 1. The highest BCUT2D eigenvalue weighted by Crippen LogP contribution is 2.30. The van der Waals surface area contributed by atoms with E-state index in [1.165, 1.54) is 6.07 Å². The van der Waals surface area contributed by atoms with Crippen molar-refractivity contribution in [2.24, 2.45) is 5.92 Å². The molecule has 3 heterocycles. The first-order valence-electron chi connectivity index (χ1n) is 7.60. The topological polar surface area (TPSA) is 28.6 Å². The number of anilines is 1. The summed E-state index contributed by atoms with van der Waals surface area (Å²) in [5, 5.41) is 0. The third-order valence-electron chi connectivity index (χ3n) is 4.31. The van der Waals surface area contributed by atoms with Gasteiger partial charge in [-0.05, 0) is 24.5 Å². The molecular formula is C15H20F3N3O. The van der Waals surface area contributed by atoms with Crippen molar-refractivity contribution in [3.8, 4) is 0 Å². The monoisotopic (exact) mass is 315 g/mol. The summed E-state index contributed by atoms with van der Waals surface area (Å²) in [6.07, 6.45) is -2.35. The number of morpholine rings is 1. The Morgan fingerprint density at radius 3 is 2.59 bits per heavy atom. The summed E-state index contributed by atoms with van der Waals surface area (Å²) in [6, 6.07) is 2.58. The second kappa shape index (κ2) is 6.42. The minimum atomic E-state index is -4.32. The molecule has 1 atom stereocenters. The van der Waals surface area contributed by atoms with Gasteiger partial charge in [0.05, 0.1) is 18.8 Å². The average molecular weight is 315 g/mol. The number of pyridine rings is 1. The van der Waals surface area contributed by atoms with Crippen LogP contribution >= 0.6 is 0 Å². The lowest BCUT2D eigenvalue weighted by molar-refractivity contribution is -0.137. The van der Waals surface area contributed by atoms with E-state index in [1.54, 1.807) is 0 Å². The molecule has 0 spiro atoms. The van der Waals surface area contributed by atoms with Gasteiger partial charge in [0, 0.05) is 38.9 Å². The molecule has 0 bridgehead atoms. The van der Waals surface area contributed by atoms with Gasteiger partial charge in [0.2, 0.25) is 0 Å². The Hall–Kier alpha value is -1.34. The molecule has 2 fully saturated rings. The third-order valence-corrected chi connectivity index (χ3v) is 4.31. The molecule has 0 aliphatic carbocycles. The van der Waals surface area contributed by atoms with E-state index in [9.17, 15) is 13.2 Å². The maximum atomic E-state index is 12.6. The average Bonchev–Trinajstić information content (AvgIpc) is 2.96. The van der Waals surface area contributed by atoms with E-state index in [4.69, 9.17) is 4.74 Å². The predicted octanol–water partition coefficient (Wildman–Crippen LogP) is 2.26. The highest BCUT2D eigenvalue weighted by Gasteiger charge is 2.31. The van der Waals surface area contributed by atoms with Gasteiger partial charge in [-0.15, -0.1) is 0 Å². The van der Waals surface area contributed by atoms with Crippen molar-refractivity contribution in [1.82, 2.24) is 9.88 Å². The largest absolute Gasteiger partial charge is 0.417 e. The summed E-state index contributed by atoms with van der Waals surface area (Å²) in [6.45, 7) is 6.25. The second-order valence-corrected chi connectivity index (χ2v) is 5.92. The number of alkyl halides is 3. The van der Waals surface area contributed by atoms with Crippen LogP contribution in [-0.2, 0) is 10.9 Å². The van der Waals surface area contributed by atoms with Crippen LogP contribution in [0.5, 0.6) is 0 Å². The SMILES string of the molecule is FC(F)(F)c1ccc(N2CC[C@H](CN3CCOCC3)C2)nc1. The molecule has 0 saturated carbocycles. The van der Waals surface area contributed by atoms with Crippen molar-refractivity contribution in [1.29, 1.82) is 0 Å². The Morgan fingerprint density at radius 1 is 1.18 bits per heavy atom. The Morgan fingerprint density at radius 2 is 1.95 bits per heavy atom. The van der Waals surface area contributed by atoms with Gasteiger partial charge in [-0.3, -0.25) is 4.90 Å². The van der Waals surface area contributed by atoms with Crippen LogP contribution < -0.4 is 4.90 Å². The Balaban J connectivity index is 1.55. The maximum absolute atomic E-state index is 12.6. The molecule has 7 heteroatoms. The summed E-state index contributed by atoms with van der Waals surface area (Å²) in [4.78, 5) is 8.46. The molecule has 3 rings (SSSR count). The molecule has 0 N–H and O–H groups in total. The van der Waals surface area contributed by atoms with Crippen molar-refractivity contribution < 1.29 is 17.9 Å². The predicted molar refractivity (Wildman–Crippen MR) is 76.8 cm³/mol.